The molecule has 2 aliphatic rings. The molecule has 0 spiro atoms. The molecule has 1 aromatic rings. The minimum absolute atomic E-state index is 0.766. The summed E-state index contributed by atoms with van der Waals surface area (Å²) in [7, 11) is 0. The average Bonchev–Trinajstić information content (AvgIpc) is 2.82. The molecule has 2 fully saturated rings. The van der Waals surface area contributed by atoms with Gasteiger partial charge in [-0.1, -0.05) is 0 Å². The number of rotatable bonds is 1. The summed E-state index contributed by atoms with van der Waals surface area (Å²) in [5.41, 5.74) is 1.50. The molecule has 3 nitrogen and oxygen atoms in total. The van der Waals surface area contributed by atoms with Crippen LogP contribution in [0.3, 0.4) is 0 Å². The molecule has 0 radical (unpaired) electrons. The van der Waals surface area contributed by atoms with Gasteiger partial charge in [-0.25, -0.2) is 4.98 Å². The second kappa shape index (κ2) is 2.95. The van der Waals surface area contributed by atoms with E-state index >= 15 is 0 Å². The van der Waals surface area contributed by atoms with Crippen molar-refractivity contribution in [1.82, 2.24) is 9.88 Å². The van der Waals surface area contributed by atoms with Crippen molar-refractivity contribution in [2.75, 3.05) is 19.6 Å². The first-order chi connectivity index (χ1) is 6.81. The van der Waals surface area contributed by atoms with Crippen molar-refractivity contribution in [2.24, 2.45) is 5.92 Å². The minimum atomic E-state index is 0.766. The van der Waals surface area contributed by atoms with Gasteiger partial charge in [-0.05, 0) is 31.4 Å². The van der Waals surface area contributed by atoms with E-state index in [0.29, 0.717) is 0 Å². The summed E-state index contributed by atoms with van der Waals surface area (Å²) in [4.78, 5) is 6.69. The van der Waals surface area contributed by atoms with E-state index in [9.17, 15) is 0 Å². The van der Waals surface area contributed by atoms with Gasteiger partial charge in [-0.3, -0.25) is 4.90 Å². The fourth-order valence-corrected chi connectivity index (χ4v) is 2.43. The Hall–Kier alpha value is -1.09. The molecule has 14 heavy (non-hydrogen) atoms. The molecule has 3 heterocycles. The number of hydrogen-bond acceptors (Lipinski definition) is 3. The van der Waals surface area contributed by atoms with Gasteiger partial charge in [0.1, 0.15) is 5.76 Å². The highest BCUT2D eigenvalue weighted by molar-refractivity contribution is 5.47. The highest BCUT2D eigenvalue weighted by Gasteiger charge is 2.33. The van der Waals surface area contributed by atoms with Gasteiger partial charge in [0.05, 0.1) is 6.20 Å². The van der Waals surface area contributed by atoms with Crippen molar-refractivity contribution in [3.05, 3.63) is 23.4 Å². The van der Waals surface area contributed by atoms with Crippen LogP contribution in [0.15, 0.2) is 16.2 Å². The van der Waals surface area contributed by atoms with Gasteiger partial charge in [0.25, 0.3) is 0 Å². The van der Waals surface area contributed by atoms with Crippen LogP contribution in [0, 0.1) is 12.8 Å². The van der Waals surface area contributed by atoms with Crippen LogP contribution in [-0.2, 0) is 0 Å². The zero-order chi connectivity index (χ0) is 9.54. The van der Waals surface area contributed by atoms with Crippen molar-refractivity contribution in [1.29, 1.82) is 0 Å². The van der Waals surface area contributed by atoms with E-state index in [0.717, 1.165) is 24.1 Å². The first kappa shape index (κ1) is 8.24. The monoisotopic (exact) mass is 190 g/mol. The zero-order valence-electron chi connectivity index (χ0n) is 8.36. The van der Waals surface area contributed by atoms with Crippen LogP contribution < -0.4 is 0 Å². The van der Waals surface area contributed by atoms with Crippen LogP contribution >= 0.6 is 0 Å². The molecule has 2 bridgehead atoms. The lowest BCUT2D eigenvalue weighted by molar-refractivity contribution is 0.392. The topological polar surface area (TPSA) is 29.3 Å². The predicted molar refractivity (Wildman–Crippen MR) is 53.8 cm³/mol. The van der Waals surface area contributed by atoms with E-state index in [1.807, 2.05) is 6.92 Å². The lowest BCUT2D eigenvalue weighted by atomic mass is 9.99. The molecule has 3 rings (SSSR count). The first-order valence-electron chi connectivity index (χ1n) is 5.16. The van der Waals surface area contributed by atoms with Gasteiger partial charge in [-0.15, -0.1) is 0 Å². The van der Waals surface area contributed by atoms with E-state index in [1.165, 1.54) is 25.1 Å². The fraction of sp³-hybridized carbons (Fsp3) is 0.545. The maximum atomic E-state index is 5.45. The predicted octanol–water partition coefficient (Wildman–Crippen LogP) is 1.70. The molecular weight excluding hydrogens is 176 g/mol. The SMILES string of the molecule is Cc1cnc(C=C2CN3CCC2C3)o1. The van der Waals surface area contributed by atoms with Crippen LogP contribution in [0.4, 0.5) is 0 Å². The Morgan fingerprint density at radius 1 is 1.64 bits per heavy atom. The number of fused-ring (bicyclic) bond motifs is 2. The standard InChI is InChI=1S/C11H14N2O/c1-8-5-12-11(14-8)4-10-7-13-3-2-9(10)6-13/h4-5,9H,2-3,6-7H2,1H3. The Balaban J connectivity index is 1.85. The lowest BCUT2D eigenvalue weighted by Crippen LogP contribution is -2.17. The van der Waals surface area contributed by atoms with Crippen molar-refractivity contribution in [2.45, 2.75) is 13.3 Å². The summed E-state index contributed by atoms with van der Waals surface area (Å²) in [6.45, 7) is 5.56. The highest BCUT2D eigenvalue weighted by atomic mass is 16.3. The molecule has 2 saturated heterocycles. The number of hydrogen-bond donors (Lipinski definition) is 0. The molecular formula is C11H14N2O. The normalized spacial score (nSPS) is 33.1. The molecule has 2 aliphatic heterocycles. The summed E-state index contributed by atoms with van der Waals surface area (Å²) >= 11 is 0. The summed E-state index contributed by atoms with van der Waals surface area (Å²) in [6, 6.07) is 0. The summed E-state index contributed by atoms with van der Waals surface area (Å²) in [6.07, 6.45) is 5.21. The molecule has 0 aliphatic carbocycles. The van der Waals surface area contributed by atoms with E-state index in [1.54, 1.807) is 6.20 Å². The van der Waals surface area contributed by atoms with Crippen LogP contribution in [-0.4, -0.2) is 29.5 Å². The average molecular weight is 190 g/mol. The third kappa shape index (κ3) is 1.28. The third-order valence-corrected chi connectivity index (χ3v) is 3.15. The summed E-state index contributed by atoms with van der Waals surface area (Å²) < 4.78 is 5.45. The molecule has 0 N–H and O–H groups in total. The number of aromatic nitrogens is 1. The second-order valence-electron chi connectivity index (χ2n) is 4.25. The van der Waals surface area contributed by atoms with E-state index in [-0.39, 0.29) is 0 Å². The molecule has 3 heteroatoms. The van der Waals surface area contributed by atoms with Gasteiger partial charge in [-0.2, -0.15) is 0 Å². The fourth-order valence-electron chi connectivity index (χ4n) is 2.43. The Kier molecular flexibility index (Phi) is 1.74. The molecule has 0 aromatic carbocycles. The lowest BCUT2D eigenvalue weighted by Gasteiger charge is -2.13. The summed E-state index contributed by atoms with van der Waals surface area (Å²) in [5, 5.41) is 0. The molecule has 2 unspecified atom stereocenters. The highest BCUT2D eigenvalue weighted by Crippen LogP contribution is 2.33. The van der Waals surface area contributed by atoms with E-state index in [4.69, 9.17) is 4.42 Å². The van der Waals surface area contributed by atoms with Crippen LogP contribution in [0.2, 0.25) is 0 Å². The maximum absolute atomic E-state index is 5.45. The van der Waals surface area contributed by atoms with E-state index < -0.39 is 0 Å². The van der Waals surface area contributed by atoms with Gasteiger partial charge in [0.15, 0.2) is 0 Å². The number of aryl methyl sites for hydroxylation is 1. The molecule has 0 amide bonds. The second-order valence-corrected chi connectivity index (χ2v) is 4.25. The van der Waals surface area contributed by atoms with Crippen molar-refractivity contribution < 1.29 is 4.42 Å². The van der Waals surface area contributed by atoms with Crippen LogP contribution in [0.5, 0.6) is 0 Å². The minimum Gasteiger partial charge on any atom is -0.442 e. The maximum Gasteiger partial charge on any atom is 0.218 e. The number of oxazole rings is 1. The molecule has 1 aromatic heterocycles. The smallest absolute Gasteiger partial charge is 0.218 e. The first-order valence-corrected chi connectivity index (χ1v) is 5.16. The Bertz CT molecular complexity index is 380. The van der Waals surface area contributed by atoms with Crippen molar-refractivity contribution in [3.8, 4) is 0 Å². The zero-order valence-corrected chi connectivity index (χ0v) is 8.36. The van der Waals surface area contributed by atoms with Gasteiger partial charge in [0.2, 0.25) is 5.89 Å². The Morgan fingerprint density at radius 3 is 3.14 bits per heavy atom. The molecule has 74 valence electrons. The quantitative estimate of drug-likeness (QED) is 0.675. The Labute approximate surface area is 83.4 Å². The van der Waals surface area contributed by atoms with Gasteiger partial charge < -0.3 is 4.42 Å². The summed E-state index contributed by atoms with van der Waals surface area (Å²) in [5.74, 6) is 2.42. The number of nitrogens with zero attached hydrogens (tertiary/aromatic N) is 2. The van der Waals surface area contributed by atoms with Crippen LogP contribution in [0.25, 0.3) is 6.08 Å². The molecule has 0 saturated carbocycles. The third-order valence-electron chi connectivity index (χ3n) is 3.15. The van der Waals surface area contributed by atoms with Gasteiger partial charge >= 0.3 is 0 Å². The van der Waals surface area contributed by atoms with Gasteiger partial charge in [0, 0.05) is 19.2 Å². The number of piperidine rings is 1. The van der Waals surface area contributed by atoms with Crippen molar-refractivity contribution >= 4 is 6.08 Å². The van der Waals surface area contributed by atoms with Crippen molar-refractivity contribution in [3.63, 3.8) is 0 Å². The van der Waals surface area contributed by atoms with E-state index in [2.05, 4.69) is 16.0 Å². The van der Waals surface area contributed by atoms with Crippen LogP contribution in [0.1, 0.15) is 18.1 Å². The molecule has 2 atom stereocenters. The Morgan fingerprint density at radius 2 is 2.57 bits per heavy atom. The largest absolute Gasteiger partial charge is 0.442 e.